The van der Waals surface area contributed by atoms with Crippen LogP contribution in [0.2, 0.25) is 0 Å². The molecule has 0 saturated heterocycles. The van der Waals surface area contributed by atoms with Gasteiger partial charge in [-0.25, -0.2) is 4.79 Å². The molecule has 1 rings (SSSR count). The highest BCUT2D eigenvalue weighted by Crippen LogP contribution is 1.96. The van der Waals surface area contributed by atoms with Gasteiger partial charge in [-0.15, -0.1) is 0 Å². The fourth-order valence-corrected chi connectivity index (χ4v) is 0.747. The molecule has 0 fully saturated rings. The van der Waals surface area contributed by atoms with Crippen molar-refractivity contribution in [2.75, 3.05) is 6.54 Å². The van der Waals surface area contributed by atoms with Gasteiger partial charge in [-0.1, -0.05) is 25.1 Å². The lowest BCUT2D eigenvalue weighted by molar-refractivity contribution is 0.0697. The molecular weight excluding hydrogens is 194 g/mol. The molecule has 0 aliphatic carbocycles. The number of benzene rings is 1. The number of nitrogens with two attached hydrogens (primary N) is 1. The van der Waals surface area contributed by atoms with Crippen LogP contribution in [0.25, 0.3) is 0 Å². The summed E-state index contributed by atoms with van der Waals surface area (Å²) in [5.74, 6) is -0.879. The van der Waals surface area contributed by atoms with Crippen LogP contribution in [0.5, 0.6) is 0 Å². The first-order valence-corrected chi connectivity index (χ1v) is 4.78. The van der Waals surface area contributed by atoms with E-state index in [9.17, 15) is 4.79 Å². The molecule has 1 atom stereocenters. The van der Waals surface area contributed by atoms with Gasteiger partial charge in [-0.3, -0.25) is 0 Å². The molecule has 0 aromatic heterocycles. The molecule has 0 aliphatic heterocycles. The van der Waals surface area contributed by atoms with Crippen LogP contribution in [-0.2, 0) is 0 Å². The van der Waals surface area contributed by atoms with Crippen molar-refractivity contribution in [1.82, 2.24) is 0 Å². The third-order valence-corrected chi connectivity index (χ3v) is 1.76. The summed E-state index contributed by atoms with van der Waals surface area (Å²) in [6.07, 6.45) is 0.473. The number of carboxylic acids is 1. The van der Waals surface area contributed by atoms with Gasteiger partial charge in [0.25, 0.3) is 0 Å². The second-order valence-corrected chi connectivity index (χ2v) is 2.97. The Morgan fingerprint density at radius 3 is 2.13 bits per heavy atom. The van der Waals surface area contributed by atoms with Crippen molar-refractivity contribution in [3.05, 3.63) is 35.9 Å². The quantitative estimate of drug-likeness (QED) is 0.699. The first-order valence-electron chi connectivity index (χ1n) is 4.78. The first kappa shape index (κ1) is 13.6. The van der Waals surface area contributed by atoms with E-state index < -0.39 is 5.97 Å². The van der Waals surface area contributed by atoms with Crippen LogP contribution in [0.4, 0.5) is 0 Å². The number of hydrogen-bond acceptors (Lipinski definition) is 3. The number of carboxylic acid groups (broad SMARTS) is 1. The molecule has 84 valence electrons. The zero-order valence-electron chi connectivity index (χ0n) is 8.76. The van der Waals surface area contributed by atoms with Crippen LogP contribution in [0, 0.1) is 0 Å². The highest BCUT2D eigenvalue weighted by atomic mass is 16.4. The van der Waals surface area contributed by atoms with Crippen molar-refractivity contribution in [3.8, 4) is 0 Å². The fraction of sp³-hybridized carbons (Fsp3) is 0.364. The summed E-state index contributed by atoms with van der Waals surface area (Å²) >= 11 is 0. The van der Waals surface area contributed by atoms with E-state index in [0.29, 0.717) is 12.1 Å². The Bertz CT molecular complexity index is 270. The van der Waals surface area contributed by atoms with Crippen molar-refractivity contribution >= 4 is 5.97 Å². The molecule has 0 amide bonds. The number of hydrogen-bond donors (Lipinski definition) is 3. The summed E-state index contributed by atoms with van der Waals surface area (Å²) in [6.45, 7) is 2.29. The lowest BCUT2D eigenvalue weighted by Crippen LogP contribution is -2.17. The van der Waals surface area contributed by atoms with Gasteiger partial charge < -0.3 is 15.9 Å². The molecule has 0 bridgehead atoms. The zero-order chi connectivity index (χ0) is 11.7. The van der Waals surface area contributed by atoms with E-state index in [0.717, 1.165) is 6.42 Å². The normalized spacial score (nSPS) is 11.1. The van der Waals surface area contributed by atoms with Crippen LogP contribution in [-0.4, -0.2) is 28.8 Å². The number of aliphatic hydroxyl groups excluding tert-OH is 1. The molecule has 0 radical (unpaired) electrons. The molecule has 0 heterocycles. The molecule has 4 nitrogen and oxygen atoms in total. The molecule has 4 heteroatoms. The van der Waals surface area contributed by atoms with E-state index in [1.165, 1.54) is 0 Å². The Kier molecular flexibility index (Phi) is 7.23. The summed E-state index contributed by atoms with van der Waals surface area (Å²) in [6, 6.07) is 8.30. The summed E-state index contributed by atoms with van der Waals surface area (Å²) in [5.41, 5.74) is 5.36. The number of carbonyl (C=O) groups is 1. The molecule has 1 aromatic rings. The molecule has 15 heavy (non-hydrogen) atoms. The second kappa shape index (κ2) is 7.96. The van der Waals surface area contributed by atoms with Crippen molar-refractivity contribution in [1.29, 1.82) is 0 Å². The number of aromatic carboxylic acids is 1. The van der Waals surface area contributed by atoms with Gasteiger partial charge in [0.05, 0.1) is 11.7 Å². The highest BCUT2D eigenvalue weighted by Gasteiger charge is 1.96. The van der Waals surface area contributed by atoms with Gasteiger partial charge in [0, 0.05) is 6.54 Å². The average Bonchev–Trinajstić information content (AvgIpc) is 2.30. The van der Waals surface area contributed by atoms with Crippen LogP contribution in [0.1, 0.15) is 23.7 Å². The maximum atomic E-state index is 10.2. The van der Waals surface area contributed by atoms with Crippen LogP contribution >= 0.6 is 0 Å². The van der Waals surface area contributed by atoms with E-state index in [4.69, 9.17) is 15.9 Å². The number of rotatable bonds is 3. The third-order valence-electron chi connectivity index (χ3n) is 1.76. The topological polar surface area (TPSA) is 83.5 Å². The smallest absolute Gasteiger partial charge is 0.335 e. The van der Waals surface area contributed by atoms with Gasteiger partial charge in [0.15, 0.2) is 0 Å². The minimum Gasteiger partial charge on any atom is -0.478 e. The molecule has 0 saturated carbocycles. The van der Waals surface area contributed by atoms with Gasteiger partial charge in [0.1, 0.15) is 0 Å². The van der Waals surface area contributed by atoms with Crippen LogP contribution < -0.4 is 5.73 Å². The van der Waals surface area contributed by atoms with Crippen molar-refractivity contribution < 1.29 is 15.0 Å². The van der Waals surface area contributed by atoms with E-state index >= 15 is 0 Å². The highest BCUT2D eigenvalue weighted by molar-refractivity contribution is 5.87. The summed E-state index contributed by atoms with van der Waals surface area (Å²) < 4.78 is 0. The van der Waals surface area contributed by atoms with Crippen molar-refractivity contribution in [2.45, 2.75) is 19.4 Å². The minimum atomic E-state index is -0.879. The Morgan fingerprint density at radius 1 is 1.40 bits per heavy atom. The van der Waals surface area contributed by atoms with Crippen molar-refractivity contribution in [3.63, 3.8) is 0 Å². The van der Waals surface area contributed by atoms with E-state index in [1.807, 2.05) is 6.92 Å². The molecule has 0 aliphatic rings. The predicted molar refractivity (Wildman–Crippen MR) is 58.8 cm³/mol. The fourth-order valence-electron chi connectivity index (χ4n) is 0.747. The van der Waals surface area contributed by atoms with E-state index in [2.05, 4.69) is 0 Å². The minimum absolute atomic E-state index is 0.287. The summed E-state index contributed by atoms with van der Waals surface area (Å²) in [7, 11) is 0. The lowest BCUT2D eigenvalue weighted by Gasteiger charge is -1.98. The molecule has 1 aromatic carbocycles. The molecule has 1 unspecified atom stereocenters. The monoisotopic (exact) mass is 211 g/mol. The Balaban J connectivity index is 0.000000288. The van der Waals surface area contributed by atoms with E-state index in [1.54, 1.807) is 30.3 Å². The maximum absolute atomic E-state index is 10.2. The SMILES string of the molecule is CCC(O)CN.O=C(O)c1ccccc1. The van der Waals surface area contributed by atoms with E-state index in [-0.39, 0.29) is 6.10 Å². The van der Waals surface area contributed by atoms with Gasteiger partial charge in [-0.2, -0.15) is 0 Å². The summed E-state index contributed by atoms with van der Waals surface area (Å²) in [4.78, 5) is 10.2. The number of aliphatic hydroxyl groups is 1. The average molecular weight is 211 g/mol. The maximum Gasteiger partial charge on any atom is 0.335 e. The van der Waals surface area contributed by atoms with Crippen LogP contribution in [0.15, 0.2) is 30.3 Å². The standard InChI is InChI=1S/C7H6O2.C4H11NO/c8-7(9)6-4-2-1-3-5-6;1-2-4(6)3-5/h1-5H,(H,8,9);4,6H,2-3,5H2,1H3. The molecule has 0 spiro atoms. The van der Waals surface area contributed by atoms with Gasteiger partial charge in [-0.05, 0) is 18.6 Å². The van der Waals surface area contributed by atoms with Crippen molar-refractivity contribution in [2.24, 2.45) is 5.73 Å². The first-order chi connectivity index (χ1) is 7.11. The molecule has 4 N–H and O–H groups in total. The lowest BCUT2D eigenvalue weighted by atomic mass is 10.2. The largest absolute Gasteiger partial charge is 0.478 e. The Hall–Kier alpha value is -1.39. The summed E-state index contributed by atoms with van der Waals surface area (Å²) in [5, 5.41) is 16.9. The Morgan fingerprint density at radius 2 is 1.93 bits per heavy atom. The molecular formula is C11H17NO3. The second-order valence-electron chi connectivity index (χ2n) is 2.97. The predicted octanol–water partition coefficient (Wildman–Crippen LogP) is 1.10. The Labute approximate surface area is 89.4 Å². The zero-order valence-corrected chi connectivity index (χ0v) is 8.76. The van der Waals surface area contributed by atoms with Gasteiger partial charge >= 0.3 is 5.97 Å². The van der Waals surface area contributed by atoms with Crippen LogP contribution in [0.3, 0.4) is 0 Å². The third kappa shape index (κ3) is 6.65. The van der Waals surface area contributed by atoms with Gasteiger partial charge in [0.2, 0.25) is 0 Å².